The molecule has 0 bridgehead atoms. The molecule has 1 fully saturated rings. The van der Waals surface area contributed by atoms with Crippen LogP contribution in [0.1, 0.15) is 17.5 Å². The van der Waals surface area contributed by atoms with Crippen LogP contribution in [-0.2, 0) is 11.3 Å². The molecular weight excluding hydrogens is 200 g/mol. The lowest BCUT2D eigenvalue weighted by atomic mass is 10.1. The number of nitrogens with one attached hydrogen (secondary N) is 1. The highest BCUT2D eigenvalue weighted by Crippen LogP contribution is 2.12. The Bertz CT molecular complexity index is 378. The second kappa shape index (κ2) is 5.64. The van der Waals surface area contributed by atoms with Crippen LogP contribution < -0.4 is 5.32 Å². The summed E-state index contributed by atoms with van der Waals surface area (Å²) < 4.78 is 5.65. The molecule has 0 aromatic heterocycles. The van der Waals surface area contributed by atoms with E-state index in [1.54, 1.807) is 0 Å². The van der Waals surface area contributed by atoms with Crippen LogP contribution in [-0.4, -0.2) is 19.7 Å². The lowest BCUT2D eigenvalue weighted by Crippen LogP contribution is -2.13. The van der Waals surface area contributed by atoms with Crippen molar-refractivity contribution < 1.29 is 4.74 Å². The lowest BCUT2D eigenvalue weighted by Gasteiger charge is -2.09. The highest BCUT2D eigenvalue weighted by molar-refractivity contribution is 5.36. The molecule has 0 spiro atoms. The average molecular weight is 216 g/mol. The molecule has 1 aliphatic heterocycles. The van der Waals surface area contributed by atoms with Gasteiger partial charge in [-0.3, -0.25) is 0 Å². The molecule has 1 unspecified atom stereocenters. The Balaban J connectivity index is 1.82. The standard InChI is InChI=1S/C13H16N2O/c14-7-12-3-1-2-4-13(12)10-16-9-11-5-6-15-8-11/h1-4,11,15H,5-6,8-10H2. The maximum Gasteiger partial charge on any atom is 0.0995 e. The predicted molar refractivity (Wildman–Crippen MR) is 61.8 cm³/mol. The Labute approximate surface area is 96.0 Å². The minimum absolute atomic E-state index is 0.542. The molecule has 84 valence electrons. The van der Waals surface area contributed by atoms with Gasteiger partial charge in [-0.15, -0.1) is 0 Å². The Kier molecular flexibility index (Phi) is 3.92. The van der Waals surface area contributed by atoms with Gasteiger partial charge in [-0.2, -0.15) is 5.26 Å². The van der Waals surface area contributed by atoms with E-state index in [1.807, 2.05) is 24.3 Å². The molecule has 0 radical (unpaired) electrons. The first-order valence-corrected chi connectivity index (χ1v) is 5.66. The van der Waals surface area contributed by atoms with Crippen molar-refractivity contribution >= 4 is 0 Å². The third-order valence-corrected chi connectivity index (χ3v) is 2.91. The molecule has 1 heterocycles. The summed E-state index contributed by atoms with van der Waals surface area (Å²) in [6.07, 6.45) is 1.19. The summed E-state index contributed by atoms with van der Waals surface area (Å²) in [6.45, 7) is 3.48. The topological polar surface area (TPSA) is 45.0 Å². The Morgan fingerprint density at radius 2 is 2.31 bits per heavy atom. The highest BCUT2D eigenvalue weighted by Gasteiger charge is 2.14. The number of nitriles is 1. The number of nitrogens with zero attached hydrogens (tertiary/aromatic N) is 1. The van der Waals surface area contributed by atoms with E-state index in [9.17, 15) is 0 Å². The van der Waals surface area contributed by atoms with Gasteiger partial charge < -0.3 is 10.1 Å². The summed E-state index contributed by atoms with van der Waals surface area (Å²) in [5.41, 5.74) is 1.70. The molecule has 1 aromatic carbocycles. The molecule has 1 atom stereocenters. The van der Waals surface area contributed by atoms with Gasteiger partial charge in [-0.05, 0) is 30.5 Å². The molecular formula is C13H16N2O. The van der Waals surface area contributed by atoms with Gasteiger partial charge in [0.05, 0.1) is 24.8 Å². The van der Waals surface area contributed by atoms with Crippen molar-refractivity contribution in [3.05, 3.63) is 35.4 Å². The number of benzene rings is 1. The zero-order valence-corrected chi connectivity index (χ0v) is 9.28. The molecule has 2 rings (SSSR count). The molecule has 16 heavy (non-hydrogen) atoms. The van der Waals surface area contributed by atoms with Crippen molar-refractivity contribution in [2.24, 2.45) is 5.92 Å². The normalized spacial score (nSPS) is 19.6. The molecule has 1 aromatic rings. The van der Waals surface area contributed by atoms with Crippen LogP contribution in [0.15, 0.2) is 24.3 Å². The zero-order valence-electron chi connectivity index (χ0n) is 9.28. The quantitative estimate of drug-likeness (QED) is 0.833. The van der Waals surface area contributed by atoms with Crippen LogP contribution in [0.5, 0.6) is 0 Å². The van der Waals surface area contributed by atoms with Gasteiger partial charge in [0, 0.05) is 6.54 Å². The third kappa shape index (κ3) is 2.82. The molecule has 0 aliphatic carbocycles. The van der Waals surface area contributed by atoms with Gasteiger partial charge in [0.15, 0.2) is 0 Å². The van der Waals surface area contributed by atoms with Crippen molar-refractivity contribution in [1.29, 1.82) is 5.26 Å². The van der Waals surface area contributed by atoms with Gasteiger partial charge in [-0.25, -0.2) is 0 Å². The van der Waals surface area contributed by atoms with E-state index in [0.29, 0.717) is 18.1 Å². The van der Waals surface area contributed by atoms with Crippen LogP contribution in [0, 0.1) is 17.2 Å². The number of ether oxygens (including phenoxy) is 1. The summed E-state index contributed by atoms with van der Waals surface area (Å²) in [4.78, 5) is 0. The van der Waals surface area contributed by atoms with Crippen molar-refractivity contribution in [3.8, 4) is 6.07 Å². The summed E-state index contributed by atoms with van der Waals surface area (Å²) in [7, 11) is 0. The maximum absolute atomic E-state index is 8.91. The molecule has 0 saturated carbocycles. The van der Waals surface area contributed by atoms with Gasteiger partial charge in [-0.1, -0.05) is 18.2 Å². The minimum Gasteiger partial charge on any atom is -0.376 e. The van der Waals surface area contributed by atoms with E-state index >= 15 is 0 Å². The van der Waals surface area contributed by atoms with Crippen molar-refractivity contribution in [1.82, 2.24) is 5.32 Å². The fraction of sp³-hybridized carbons (Fsp3) is 0.462. The molecule has 1 saturated heterocycles. The van der Waals surface area contributed by atoms with Crippen molar-refractivity contribution in [3.63, 3.8) is 0 Å². The fourth-order valence-corrected chi connectivity index (χ4v) is 1.95. The predicted octanol–water partition coefficient (Wildman–Crippen LogP) is 1.68. The van der Waals surface area contributed by atoms with Crippen molar-refractivity contribution in [2.75, 3.05) is 19.7 Å². The summed E-state index contributed by atoms with van der Waals surface area (Å²) in [5, 5.41) is 12.2. The number of rotatable bonds is 4. The van der Waals surface area contributed by atoms with Crippen LogP contribution in [0.4, 0.5) is 0 Å². The fourth-order valence-electron chi connectivity index (χ4n) is 1.95. The smallest absolute Gasteiger partial charge is 0.0995 e. The number of hydrogen-bond donors (Lipinski definition) is 1. The van der Waals surface area contributed by atoms with Gasteiger partial charge in [0.25, 0.3) is 0 Å². The first kappa shape index (κ1) is 11.1. The third-order valence-electron chi connectivity index (χ3n) is 2.91. The van der Waals surface area contributed by atoms with E-state index in [2.05, 4.69) is 11.4 Å². The van der Waals surface area contributed by atoms with E-state index in [1.165, 1.54) is 6.42 Å². The molecule has 3 heteroatoms. The zero-order chi connectivity index (χ0) is 11.2. The summed E-state index contributed by atoms with van der Waals surface area (Å²) >= 11 is 0. The Hall–Kier alpha value is -1.37. The Morgan fingerprint density at radius 1 is 1.44 bits per heavy atom. The summed E-state index contributed by atoms with van der Waals surface area (Å²) in [5.74, 6) is 0.634. The highest BCUT2D eigenvalue weighted by atomic mass is 16.5. The second-order valence-electron chi connectivity index (χ2n) is 4.14. The molecule has 3 nitrogen and oxygen atoms in total. The largest absolute Gasteiger partial charge is 0.376 e. The first-order valence-electron chi connectivity index (χ1n) is 5.66. The van der Waals surface area contributed by atoms with Gasteiger partial charge in [0.2, 0.25) is 0 Å². The van der Waals surface area contributed by atoms with Crippen LogP contribution in [0.3, 0.4) is 0 Å². The minimum atomic E-state index is 0.542. The van der Waals surface area contributed by atoms with E-state index in [-0.39, 0.29) is 0 Å². The lowest BCUT2D eigenvalue weighted by molar-refractivity contribution is 0.0923. The number of hydrogen-bond acceptors (Lipinski definition) is 3. The second-order valence-corrected chi connectivity index (χ2v) is 4.14. The molecule has 0 amide bonds. The van der Waals surface area contributed by atoms with Crippen molar-refractivity contribution in [2.45, 2.75) is 13.0 Å². The van der Waals surface area contributed by atoms with Gasteiger partial charge >= 0.3 is 0 Å². The van der Waals surface area contributed by atoms with Crippen LogP contribution in [0.25, 0.3) is 0 Å². The average Bonchev–Trinajstić information content (AvgIpc) is 2.83. The molecule has 1 aliphatic rings. The summed E-state index contributed by atoms with van der Waals surface area (Å²) in [6, 6.07) is 9.78. The monoisotopic (exact) mass is 216 g/mol. The van der Waals surface area contributed by atoms with E-state index < -0.39 is 0 Å². The van der Waals surface area contributed by atoms with Gasteiger partial charge in [0.1, 0.15) is 0 Å². The first-order chi connectivity index (χ1) is 7.90. The van der Waals surface area contributed by atoms with Crippen LogP contribution >= 0.6 is 0 Å². The molecule has 1 N–H and O–H groups in total. The SMILES string of the molecule is N#Cc1ccccc1COCC1CCNC1. The maximum atomic E-state index is 8.91. The van der Waals surface area contributed by atoms with Crippen LogP contribution in [0.2, 0.25) is 0 Å². The Morgan fingerprint density at radius 3 is 3.06 bits per heavy atom. The van der Waals surface area contributed by atoms with E-state index in [0.717, 1.165) is 25.3 Å². The van der Waals surface area contributed by atoms with E-state index in [4.69, 9.17) is 10.00 Å².